The van der Waals surface area contributed by atoms with Crippen LogP contribution in [0.2, 0.25) is 0 Å². The number of carbonyl (C=O) groups excluding carboxylic acids is 1. The molecule has 4 N–H and O–H groups in total. The van der Waals surface area contributed by atoms with Crippen molar-refractivity contribution in [3.63, 3.8) is 0 Å². The monoisotopic (exact) mass is 273 g/mol. The molecule has 0 fully saturated rings. The summed E-state index contributed by atoms with van der Waals surface area (Å²) in [5.41, 5.74) is 7.96. The lowest BCUT2D eigenvalue weighted by molar-refractivity contribution is 0.0933. The quantitative estimate of drug-likeness (QED) is 0.731. The number of nitrogens with one attached hydrogen (secondary N) is 2. The average Bonchev–Trinajstić information content (AvgIpc) is 2.79. The van der Waals surface area contributed by atoms with Gasteiger partial charge < -0.3 is 16.0 Å². The number of nitrogens with two attached hydrogens (primary N) is 1. The van der Waals surface area contributed by atoms with E-state index in [9.17, 15) is 4.79 Å². The highest BCUT2D eigenvalue weighted by atomic mass is 16.1. The van der Waals surface area contributed by atoms with Gasteiger partial charge in [-0.25, -0.2) is 0 Å². The summed E-state index contributed by atoms with van der Waals surface area (Å²) < 4.78 is 0. The zero-order valence-electron chi connectivity index (χ0n) is 12.4. The third-order valence-electron chi connectivity index (χ3n) is 3.44. The molecule has 4 nitrogen and oxygen atoms in total. The van der Waals surface area contributed by atoms with Gasteiger partial charge in [-0.3, -0.25) is 4.79 Å². The molecular formula is C16H23N3O. The van der Waals surface area contributed by atoms with Crippen LogP contribution in [-0.4, -0.2) is 16.9 Å². The van der Waals surface area contributed by atoms with Gasteiger partial charge in [-0.2, -0.15) is 0 Å². The number of hydrogen-bond acceptors (Lipinski definition) is 2. The molecule has 1 heterocycles. The van der Waals surface area contributed by atoms with Crippen LogP contribution in [0.5, 0.6) is 0 Å². The Hall–Kier alpha value is -1.97. The van der Waals surface area contributed by atoms with E-state index in [1.54, 1.807) is 0 Å². The zero-order chi connectivity index (χ0) is 14.7. The predicted octanol–water partition coefficient (Wildman–Crippen LogP) is 3.30. The second-order valence-corrected chi connectivity index (χ2v) is 5.88. The minimum Gasteiger partial charge on any atom is -0.399 e. The Kier molecular flexibility index (Phi) is 4.32. The Morgan fingerprint density at radius 2 is 2.00 bits per heavy atom. The molecule has 0 saturated heterocycles. The highest BCUT2D eigenvalue weighted by Gasteiger charge is 2.12. The lowest BCUT2D eigenvalue weighted by Gasteiger charge is -2.14. The van der Waals surface area contributed by atoms with Gasteiger partial charge in [-0.05, 0) is 49.9 Å². The van der Waals surface area contributed by atoms with Crippen LogP contribution in [0.15, 0.2) is 24.3 Å². The number of fused-ring (bicyclic) bond motifs is 1. The number of amides is 1. The molecule has 0 bridgehead atoms. The van der Waals surface area contributed by atoms with E-state index in [0.717, 1.165) is 23.7 Å². The van der Waals surface area contributed by atoms with Gasteiger partial charge in [0.05, 0.1) is 0 Å². The van der Waals surface area contributed by atoms with E-state index in [0.29, 0.717) is 17.3 Å². The molecule has 0 aliphatic carbocycles. The number of rotatable bonds is 5. The second kappa shape index (κ2) is 5.99. The highest BCUT2D eigenvalue weighted by molar-refractivity contribution is 5.98. The molecule has 1 amide bonds. The Labute approximate surface area is 119 Å². The summed E-state index contributed by atoms with van der Waals surface area (Å²) in [4.78, 5) is 15.3. The molecule has 0 aliphatic rings. The first kappa shape index (κ1) is 14.4. The van der Waals surface area contributed by atoms with E-state index in [1.807, 2.05) is 31.2 Å². The number of aromatic nitrogens is 1. The number of hydrogen-bond donors (Lipinski definition) is 3. The molecule has 4 heteroatoms. The van der Waals surface area contributed by atoms with Gasteiger partial charge in [-0.1, -0.05) is 13.8 Å². The van der Waals surface area contributed by atoms with E-state index in [4.69, 9.17) is 5.73 Å². The zero-order valence-corrected chi connectivity index (χ0v) is 12.4. The SMILES string of the molecule is CC(C)CCC(C)NC(=O)c1cc2cc(N)ccc2[nH]1. The summed E-state index contributed by atoms with van der Waals surface area (Å²) in [5, 5.41) is 3.99. The first-order valence-corrected chi connectivity index (χ1v) is 7.15. The molecule has 0 spiro atoms. The molecule has 108 valence electrons. The van der Waals surface area contributed by atoms with Gasteiger partial charge in [0.2, 0.25) is 0 Å². The second-order valence-electron chi connectivity index (χ2n) is 5.88. The minimum atomic E-state index is -0.0592. The van der Waals surface area contributed by atoms with Crippen LogP contribution in [0.1, 0.15) is 44.1 Å². The molecular weight excluding hydrogens is 250 g/mol. The van der Waals surface area contributed by atoms with E-state index in [2.05, 4.69) is 24.1 Å². The molecule has 2 aromatic rings. The van der Waals surface area contributed by atoms with Crippen molar-refractivity contribution in [3.05, 3.63) is 30.0 Å². The molecule has 1 unspecified atom stereocenters. The van der Waals surface area contributed by atoms with Gasteiger partial charge in [0.1, 0.15) is 5.69 Å². The average molecular weight is 273 g/mol. The van der Waals surface area contributed by atoms with Gasteiger partial charge in [0.25, 0.3) is 5.91 Å². The van der Waals surface area contributed by atoms with Crippen LogP contribution >= 0.6 is 0 Å². The van der Waals surface area contributed by atoms with E-state index >= 15 is 0 Å². The summed E-state index contributed by atoms with van der Waals surface area (Å²) in [5.74, 6) is 0.599. The number of carbonyl (C=O) groups is 1. The smallest absolute Gasteiger partial charge is 0.267 e. The van der Waals surface area contributed by atoms with Crippen molar-refractivity contribution in [3.8, 4) is 0 Å². The Balaban J connectivity index is 2.03. The van der Waals surface area contributed by atoms with Crippen molar-refractivity contribution < 1.29 is 4.79 Å². The summed E-state index contributed by atoms with van der Waals surface area (Å²) in [6, 6.07) is 7.61. The van der Waals surface area contributed by atoms with E-state index in [1.165, 1.54) is 0 Å². The van der Waals surface area contributed by atoms with Crippen molar-refractivity contribution in [1.82, 2.24) is 10.3 Å². The predicted molar refractivity (Wildman–Crippen MR) is 83.7 cm³/mol. The van der Waals surface area contributed by atoms with Crippen molar-refractivity contribution >= 4 is 22.5 Å². The molecule has 1 atom stereocenters. The Morgan fingerprint density at radius 3 is 2.70 bits per heavy atom. The molecule has 0 saturated carbocycles. The summed E-state index contributed by atoms with van der Waals surface area (Å²) in [6.45, 7) is 6.42. The normalized spacial score (nSPS) is 12.8. The largest absolute Gasteiger partial charge is 0.399 e. The van der Waals surface area contributed by atoms with Crippen LogP contribution < -0.4 is 11.1 Å². The lowest BCUT2D eigenvalue weighted by atomic mass is 10.0. The van der Waals surface area contributed by atoms with Crippen LogP contribution in [0, 0.1) is 5.92 Å². The van der Waals surface area contributed by atoms with Crippen molar-refractivity contribution in [1.29, 1.82) is 0 Å². The fourth-order valence-electron chi connectivity index (χ4n) is 2.23. The maximum atomic E-state index is 12.2. The van der Waals surface area contributed by atoms with Crippen LogP contribution in [0.4, 0.5) is 5.69 Å². The first-order chi connectivity index (χ1) is 9.45. The number of benzene rings is 1. The lowest BCUT2D eigenvalue weighted by Crippen LogP contribution is -2.32. The highest BCUT2D eigenvalue weighted by Crippen LogP contribution is 2.18. The number of aromatic amines is 1. The summed E-state index contributed by atoms with van der Waals surface area (Å²) in [7, 11) is 0. The first-order valence-electron chi connectivity index (χ1n) is 7.15. The standard InChI is InChI=1S/C16H23N3O/c1-10(2)4-5-11(3)18-16(20)15-9-12-8-13(17)6-7-14(12)19-15/h6-11,19H,4-5,17H2,1-3H3,(H,18,20). The van der Waals surface area contributed by atoms with Crippen LogP contribution in [0.25, 0.3) is 10.9 Å². The molecule has 0 aliphatic heterocycles. The molecule has 0 radical (unpaired) electrons. The van der Waals surface area contributed by atoms with Crippen molar-refractivity contribution in [2.75, 3.05) is 5.73 Å². The van der Waals surface area contributed by atoms with E-state index < -0.39 is 0 Å². The molecule has 20 heavy (non-hydrogen) atoms. The van der Waals surface area contributed by atoms with Gasteiger partial charge in [-0.15, -0.1) is 0 Å². The maximum absolute atomic E-state index is 12.2. The maximum Gasteiger partial charge on any atom is 0.267 e. The minimum absolute atomic E-state index is 0.0592. The number of H-pyrrole nitrogens is 1. The number of nitrogen functional groups attached to an aromatic ring is 1. The van der Waals surface area contributed by atoms with Gasteiger partial charge in [0.15, 0.2) is 0 Å². The molecule has 1 aromatic carbocycles. The van der Waals surface area contributed by atoms with Crippen LogP contribution in [0.3, 0.4) is 0 Å². The third kappa shape index (κ3) is 3.53. The molecule has 1 aromatic heterocycles. The van der Waals surface area contributed by atoms with Gasteiger partial charge in [0, 0.05) is 22.6 Å². The fraction of sp³-hybridized carbons (Fsp3) is 0.438. The van der Waals surface area contributed by atoms with Crippen molar-refractivity contribution in [2.45, 2.75) is 39.7 Å². The van der Waals surface area contributed by atoms with Crippen LogP contribution in [-0.2, 0) is 0 Å². The topological polar surface area (TPSA) is 70.9 Å². The molecule has 2 rings (SSSR count). The van der Waals surface area contributed by atoms with E-state index in [-0.39, 0.29) is 11.9 Å². The Bertz CT molecular complexity index is 601. The number of anilines is 1. The fourth-order valence-corrected chi connectivity index (χ4v) is 2.23. The third-order valence-corrected chi connectivity index (χ3v) is 3.44. The summed E-state index contributed by atoms with van der Waals surface area (Å²) in [6.07, 6.45) is 2.11. The van der Waals surface area contributed by atoms with Crippen molar-refractivity contribution in [2.24, 2.45) is 5.92 Å². The van der Waals surface area contributed by atoms with Gasteiger partial charge >= 0.3 is 0 Å². The summed E-state index contributed by atoms with van der Waals surface area (Å²) >= 11 is 0. The Morgan fingerprint density at radius 1 is 1.25 bits per heavy atom.